The van der Waals surface area contributed by atoms with E-state index >= 15 is 0 Å². The maximum absolute atomic E-state index is 8.44. The summed E-state index contributed by atoms with van der Waals surface area (Å²) in [5.41, 5.74) is 0. The van der Waals surface area contributed by atoms with Gasteiger partial charge in [-0.05, 0) is 12.8 Å². The number of unbranched alkanes of at least 4 members (excludes halogenated alkanes) is 2. The van der Waals surface area contributed by atoms with Gasteiger partial charge in [0.05, 0.1) is 19.2 Å². The zero-order valence-electron chi connectivity index (χ0n) is 10.1. The fourth-order valence-electron chi connectivity index (χ4n) is 1.69. The minimum Gasteiger partial charge on any atom is -0.381 e. The number of hydrogen-bond acceptors (Lipinski definition) is 2. The van der Waals surface area contributed by atoms with Crippen molar-refractivity contribution in [2.24, 2.45) is 0 Å². The van der Waals surface area contributed by atoms with Crippen LogP contribution in [0.15, 0.2) is 12.4 Å². The van der Waals surface area contributed by atoms with Gasteiger partial charge in [-0.25, -0.2) is 9.13 Å². The Balaban J connectivity index is 2.42. The maximum atomic E-state index is 8.44. The van der Waals surface area contributed by atoms with Crippen molar-refractivity contribution in [3.63, 3.8) is 0 Å². The normalized spacial score (nSPS) is 10.3. The van der Waals surface area contributed by atoms with Gasteiger partial charge in [-0.15, -0.1) is 0 Å². The van der Waals surface area contributed by atoms with E-state index in [-0.39, 0.29) is 0 Å². The van der Waals surface area contributed by atoms with Crippen LogP contribution >= 0.6 is 0 Å². The Morgan fingerprint density at radius 2 is 2.31 bits per heavy atom. The lowest BCUT2D eigenvalue weighted by Gasteiger charge is -2.00. The van der Waals surface area contributed by atoms with Crippen LogP contribution in [0.25, 0.3) is 0 Å². The highest BCUT2D eigenvalue weighted by molar-refractivity contribution is 4.79. The predicted octanol–water partition coefficient (Wildman–Crippen LogP) is 1.42. The lowest BCUT2D eigenvalue weighted by atomic mass is 10.2. The number of nitriles is 1. The van der Waals surface area contributed by atoms with Crippen molar-refractivity contribution < 1.29 is 9.30 Å². The van der Waals surface area contributed by atoms with Gasteiger partial charge in [0.1, 0.15) is 18.9 Å². The summed E-state index contributed by atoms with van der Waals surface area (Å²) in [5, 5.41) is 8.44. The molecule has 0 unspecified atom stereocenters. The Kier molecular flexibility index (Phi) is 5.58. The molecule has 0 fully saturated rings. The fraction of sp³-hybridized carbons (Fsp3) is 0.667. The average molecular weight is 222 g/mol. The van der Waals surface area contributed by atoms with Gasteiger partial charge in [0.2, 0.25) is 0 Å². The second-order valence-electron chi connectivity index (χ2n) is 3.84. The Labute approximate surface area is 97.1 Å². The smallest absolute Gasteiger partial charge is 0.253 e. The molecule has 0 spiro atoms. The van der Waals surface area contributed by atoms with Gasteiger partial charge in [0.15, 0.2) is 0 Å². The van der Waals surface area contributed by atoms with Crippen molar-refractivity contribution in [1.29, 1.82) is 5.26 Å². The largest absolute Gasteiger partial charge is 0.381 e. The van der Waals surface area contributed by atoms with Gasteiger partial charge in [-0.3, -0.25) is 0 Å². The Morgan fingerprint density at radius 1 is 1.50 bits per heavy atom. The monoisotopic (exact) mass is 222 g/mol. The van der Waals surface area contributed by atoms with Gasteiger partial charge in [0, 0.05) is 20.5 Å². The van der Waals surface area contributed by atoms with E-state index in [1.165, 1.54) is 5.82 Å². The third-order valence-corrected chi connectivity index (χ3v) is 2.73. The molecule has 1 aromatic rings. The topological polar surface area (TPSA) is 41.8 Å². The van der Waals surface area contributed by atoms with E-state index in [2.05, 4.69) is 34.5 Å². The number of aromatic nitrogens is 2. The van der Waals surface area contributed by atoms with Gasteiger partial charge >= 0.3 is 0 Å². The van der Waals surface area contributed by atoms with E-state index in [4.69, 9.17) is 10.00 Å². The third-order valence-electron chi connectivity index (χ3n) is 2.73. The highest BCUT2D eigenvalue weighted by Crippen LogP contribution is 1.97. The van der Waals surface area contributed by atoms with Gasteiger partial charge < -0.3 is 4.74 Å². The minimum atomic E-state index is 0.657. The molecule has 0 saturated carbocycles. The van der Waals surface area contributed by atoms with Crippen LogP contribution in [-0.4, -0.2) is 18.3 Å². The van der Waals surface area contributed by atoms with Gasteiger partial charge in [-0.1, -0.05) is 0 Å². The molecular weight excluding hydrogens is 202 g/mol. The minimum absolute atomic E-state index is 0.657. The van der Waals surface area contributed by atoms with Crippen molar-refractivity contribution in [2.45, 2.75) is 39.3 Å². The number of hydrogen-bond donors (Lipinski definition) is 0. The first-order valence-corrected chi connectivity index (χ1v) is 5.70. The Hall–Kier alpha value is -1.34. The standard InChI is InChI=1S/C12H20N3O/c1-12-14(7-5-3-4-6-13)8-9-15(12)10-11-16-2/h8-9H,3-5,7,10-11H2,1-2H3/q+1. The van der Waals surface area contributed by atoms with E-state index in [1.807, 2.05) is 0 Å². The molecule has 1 aromatic heterocycles. The second-order valence-corrected chi connectivity index (χ2v) is 3.84. The zero-order chi connectivity index (χ0) is 11.8. The maximum Gasteiger partial charge on any atom is 0.253 e. The molecule has 0 saturated heterocycles. The van der Waals surface area contributed by atoms with Gasteiger partial charge in [-0.2, -0.15) is 5.26 Å². The van der Waals surface area contributed by atoms with Crippen LogP contribution in [0.4, 0.5) is 0 Å². The van der Waals surface area contributed by atoms with Crippen molar-refractivity contribution >= 4 is 0 Å². The van der Waals surface area contributed by atoms with Crippen LogP contribution in [-0.2, 0) is 17.8 Å². The van der Waals surface area contributed by atoms with Crippen molar-refractivity contribution in [1.82, 2.24) is 4.57 Å². The lowest BCUT2D eigenvalue weighted by Crippen LogP contribution is -2.35. The number of ether oxygens (including phenoxy) is 1. The highest BCUT2D eigenvalue weighted by atomic mass is 16.5. The number of rotatable bonds is 7. The van der Waals surface area contributed by atoms with Crippen LogP contribution in [0, 0.1) is 18.3 Å². The molecule has 1 heterocycles. The molecule has 16 heavy (non-hydrogen) atoms. The van der Waals surface area contributed by atoms with Crippen molar-refractivity contribution in [3.05, 3.63) is 18.2 Å². The molecule has 4 nitrogen and oxygen atoms in total. The molecule has 0 aromatic carbocycles. The van der Waals surface area contributed by atoms with Crippen molar-refractivity contribution in [2.75, 3.05) is 13.7 Å². The predicted molar refractivity (Wildman–Crippen MR) is 60.7 cm³/mol. The summed E-state index contributed by atoms with van der Waals surface area (Å²) in [6, 6.07) is 2.17. The van der Waals surface area contributed by atoms with Crippen molar-refractivity contribution in [3.8, 4) is 6.07 Å². The van der Waals surface area contributed by atoms with Crippen LogP contribution < -0.4 is 4.57 Å². The third kappa shape index (κ3) is 3.67. The number of nitrogens with zero attached hydrogens (tertiary/aromatic N) is 3. The second kappa shape index (κ2) is 7.02. The van der Waals surface area contributed by atoms with E-state index in [0.29, 0.717) is 6.42 Å². The molecular formula is C12H20N3O+. The molecule has 1 rings (SSSR count). The van der Waals surface area contributed by atoms with E-state index in [0.717, 1.165) is 32.5 Å². The lowest BCUT2D eigenvalue weighted by molar-refractivity contribution is -0.702. The molecule has 0 aliphatic heterocycles. The molecule has 0 amide bonds. The first-order chi connectivity index (χ1) is 7.79. The highest BCUT2D eigenvalue weighted by Gasteiger charge is 2.10. The van der Waals surface area contributed by atoms with Gasteiger partial charge in [0.25, 0.3) is 5.82 Å². The molecule has 0 aliphatic rings. The molecule has 0 bridgehead atoms. The van der Waals surface area contributed by atoms with Crippen LogP contribution in [0.3, 0.4) is 0 Å². The molecule has 88 valence electrons. The molecule has 4 heteroatoms. The molecule has 0 atom stereocenters. The number of imidazole rings is 1. The quantitative estimate of drug-likeness (QED) is 0.517. The fourth-order valence-corrected chi connectivity index (χ4v) is 1.69. The summed E-state index contributed by atoms with van der Waals surface area (Å²) < 4.78 is 9.47. The summed E-state index contributed by atoms with van der Waals surface area (Å²) in [4.78, 5) is 0. The SMILES string of the molecule is COCCn1cc[n+](CCCCC#N)c1C. The summed E-state index contributed by atoms with van der Waals surface area (Å²) in [5.74, 6) is 1.24. The zero-order valence-corrected chi connectivity index (χ0v) is 10.1. The number of methoxy groups -OCH3 is 1. The van der Waals surface area contributed by atoms with Crippen LogP contribution in [0.5, 0.6) is 0 Å². The summed E-state index contributed by atoms with van der Waals surface area (Å²) in [7, 11) is 1.72. The Bertz CT molecular complexity index is 352. The summed E-state index contributed by atoms with van der Waals surface area (Å²) in [6.45, 7) is 4.74. The van der Waals surface area contributed by atoms with E-state index < -0.39 is 0 Å². The molecule has 0 aliphatic carbocycles. The first kappa shape index (κ1) is 12.7. The molecule has 0 N–H and O–H groups in total. The summed E-state index contributed by atoms with van der Waals surface area (Å²) in [6.07, 6.45) is 6.87. The molecule has 0 radical (unpaired) electrons. The van der Waals surface area contributed by atoms with E-state index in [9.17, 15) is 0 Å². The number of aryl methyl sites for hydroxylation is 1. The van der Waals surface area contributed by atoms with E-state index in [1.54, 1.807) is 7.11 Å². The first-order valence-electron chi connectivity index (χ1n) is 5.70. The summed E-state index contributed by atoms with van der Waals surface area (Å²) >= 11 is 0. The average Bonchev–Trinajstić information content (AvgIpc) is 2.64. The van der Waals surface area contributed by atoms with Crippen LogP contribution in [0.1, 0.15) is 25.1 Å². The Morgan fingerprint density at radius 3 is 3.00 bits per heavy atom. The van der Waals surface area contributed by atoms with Crippen LogP contribution in [0.2, 0.25) is 0 Å².